The SMILES string of the molecule is CC(CC1CCC1)Nc1cccnc1-n1cncn1. The van der Waals surface area contributed by atoms with Crippen molar-refractivity contribution in [2.24, 2.45) is 5.92 Å². The van der Waals surface area contributed by atoms with Crippen molar-refractivity contribution in [3.8, 4) is 5.82 Å². The van der Waals surface area contributed by atoms with Crippen molar-refractivity contribution in [2.75, 3.05) is 5.32 Å². The number of pyridine rings is 1. The van der Waals surface area contributed by atoms with Gasteiger partial charge in [0.2, 0.25) is 0 Å². The number of nitrogens with one attached hydrogen (secondary N) is 1. The number of nitrogens with zero attached hydrogens (tertiary/aromatic N) is 4. The van der Waals surface area contributed by atoms with Crippen LogP contribution >= 0.6 is 0 Å². The minimum atomic E-state index is 0.455. The Morgan fingerprint density at radius 2 is 2.37 bits per heavy atom. The molecule has 1 aliphatic rings. The molecule has 5 nitrogen and oxygen atoms in total. The van der Waals surface area contributed by atoms with Crippen molar-refractivity contribution in [3.05, 3.63) is 31.0 Å². The lowest BCUT2D eigenvalue weighted by Gasteiger charge is -2.29. The van der Waals surface area contributed by atoms with Crippen LogP contribution in [0.3, 0.4) is 0 Å². The van der Waals surface area contributed by atoms with E-state index in [1.54, 1.807) is 17.2 Å². The third-order valence-corrected chi connectivity index (χ3v) is 3.74. The summed E-state index contributed by atoms with van der Waals surface area (Å²) in [5, 5.41) is 7.69. The number of anilines is 1. The molecular formula is C14H19N5. The number of hydrogen-bond donors (Lipinski definition) is 1. The molecule has 2 aromatic heterocycles. The molecule has 1 atom stereocenters. The van der Waals surface area contributed by atoms with Gasteiger partial charge in [-0.1, -0.05) is 19.3 Å². The lowest BCUT2D eigenvalue weighted by molar-refractivity contribution is 0.286. The first-order valence-corrected chi connectivity index (χ1v) is 6.89. The van der Waals surface area contributed by atoms with Crippen LogP contribution in [0, 0.1) is 5.92 Å². The third-order valence-electron chi connectivity index (χ3n) is 3.74. The summed E-state index contributed by atoms with van der Waals surface area (Å²) in [5.41, 5.74) is 1.01. The van der Waals surface area contributed by atoms with E-state index in [2.05, 4.69) is 27.3 Å². The van der Waals surface area contributed by atoms with Crippen LogP contribution in [-0.2, 0) is 0 Å². The molecule has 1 aliphatic carbocycles. The number of rotatable bonds is 5. The Morgan fingerprint density at radius 1 is 1.47 bits per heavy atom. The van der Waals surface area contributed by atoms with E-state index in [1.165, 1.54) is 32.0 Å². The molecule has 0 aliphatic heterocycles. The molecule has 1 saturated carbocycles. The van der Waals surface area contributed by atoms with Crippen molar-refractivity contribution >= 4 is 5.69 Å². The molecular weight excluding hydrogens is 238 g/mol. The molecule has 5 heteroatoms. The highest BCUT2D eigenvalue weighted by atomic mass is 15.3. The zero-order chi connectivity index (χ0) is 13.1. The van der Waals surface area contributed by atoms with Gasteiger partial charge in [0, 0.05) is 12.2 Å². The Bertz CT molecular complexity index is 518. The molecule has 19 heavy (non-hydrogen) atoms. The molecule has 0 spiro atoms. The summed E-state index contributed by atoms with van der Waals surface area (Å²) in [5.74, 6) is 1.70. The maximum atomic E-state index is 4.39. The summed E-state index contributed by atoms with van der Waals surface area (Å²) in [6, 6.07) is 4.44. The van der Waals surface area contributed by atoms with Crippen LogP contribution in [0.4, 0.5) is 5.69 Å². The molecule has 0 radical (unpaired) electrons. The smallest absolute Gasteiger partial charge is 0.178 e. The molecule has 0 bridgehead atoms. The quantitative estimate of drug-likeness (QED) is 0.894. The Kier molecular flexibility index (Phi) is 3.44. The van der Waals surface area contributed by atoms with Gasteiger partial charge in [-0.25, -0.2) is 14.6 Å². The summed E-state index contributed by atoms with van der Waals surface area (Å²) in [6.07, 6.45) is 10.4. The normalized spacial score (nSPS) is 16.9. The van der Waals surface area contributed by atoms with Gasteiger partial charge in [-0.15, -0.1) is 0 Å². The van der Waals surface area contributed by atoms with E-state index >= 15 is 0 Å². The second-order valence-electron chi connectivity index (χ2n) is 5.29. The Morgan fingerprint density at radius 3 is 3.05 bits per heavy atom. The predicted octanol–water partition coefficient (Wildman–Crippen LogP) is 2.65. The van der Waals surface area contributed by atoms with E-state index in [0.29, 0.717) is 6.04 Å². The zero-order valence-electron chi connectivity index (χ0n) is 11.2. The second-order valence-corrected chi connectivity index (χ2v) is 5.29. The number of aromatic nitrogens is 4. The highest BCUT2D eigenvalue weighted by Gasteiger charge is 2.20. The summed E-state index contributed by atoms with van der Waals surface area (Å²) in [6.45, 7) is 2.23. The molecule has 0 amide bonds. The van der Waals surface area contributed by atoms with E-state index < -0.39 is 0 Å². The molecule has 0 saturated heterocycles. The monoisotopic (exact) mass is 257 g/mol. The van der Waals surface area contributed by atoms with E-state index in [0.717, 1.165) is 17.4 Å². The van der Waals surface area contributed by atoms with Gasteiger partial charge in [0.1, 0.15) is 12.7 Å². The van der Waals surface area contributed by atoms with E-state index in [9.17, 15) is 0 Å². The highest BCUT2D eigenvalue weighted by molar-refractivity contribution is 5.56. The van der Waals surface area contributed by atoms with Crippen LogP contribution in [0.2, 0.25) is 0 Å². The first-order valence-electron chi connectivity index (χ1n) is 6.89. The maximum absolute atomic E-state index is 4.39. The molecule has 1 fully saturated rings. The molecule has 2 heterocycles. The average Bonchev–Trinajstić information content (AvgIpc) is 2.88. The average molecular weight is 257 g/mol. The van der Waals surface area contributed by atoms with Gasteiger partial charge in [0.15, 0.2) is 5.82 Å². The van der Waals surface area contributed by atoms with E-state index in [4.69, 9.17) is 0 Å². The summed E-state index contributed by atoms with van der Waals surface area (Å²) in [4.78, 5) is 8.36. The van der Waals surface area contributed by atoms with Crippen LogP contribution < -0.4 is 5.32 Å². The fraction of sp³-hybridized carbons (Fsp3) is 0.500. The second kappa shape index (κ2) is 5.38. The predicted molar refractivity (Wildman–Crippen MR) is 74.2 cm³/mol. The first-order chi connectivity index (χ1) is 9.33. The van der Waals surface area contributed by atoms with Gasteiger partial charge in [0.05, 0.1) is 5.69 Å². The van der Waals surface area contributed by atoms with Crippen molar-refractivity contribution in [1.82, 2.24) is 19.7 Å². The molecule has 1 N–H and O–H groups in total. The molecule has 2 aromatic rings. The molecule has 3 rings (SSSR count). The first kappa shape index (κ1) is 12.1. The Hall–Kier alpha value is -1.91. The molecule has 1 unspecified atom stereocenters. The van der Waals surface area contributed by atoms with Crippen molar-refractivity contribution < 1.29 is 0 Å². The van der Waals surface area contributed by atoms with Gasteiger partial charge < -0.3 is 5.32 Å². The Labute approximate surface area is 113 Å². The lowest BCUT2D eigenvalue weighted by Crippen LogP contribution is -2.24. The topological polar surface area (TPSA) is 55.6 Å². The van der Waals surface area contributed by atoms with Crippen LogP contribution in [0.15, 0.2) is 31.0 Å². The van der Waals surface area contributed by atoms with Gasteiger partial charge in [-0.2, -0.15) is 5.10 Å². The number of hydrogen-bond acceptors (Lipinski definition) is 4. The van der Waals surface area contributed by atoms with E-state index in [-0.39, 0.29) is 0 Å². The third kappa shape index (κ3) is 2.75. The van der Waals surface area contributed by atoms with Crippen molar-refractivity contribution in [2.45, 2.75) is 38.6 Å². The standard InChI is InChI=1S/C14H19N5/c1-11(8-12-4-2-5-12)18-13-6-3-7-16-14(13)19-10-15-9-17-19/h3,6-7,9-12,18H,2,4-5,8H2,1H3. The van der Waals surface area contributed by atoms with Crippen LogP contribution in [0.1, 0.15) is 32.6 Å². The van der Waals surface area contributed by atoms with Gasteiger partial charge in [0.25, 0.3) is 0 Å². The van der Waals surface area contributed by atoms with Gasteiger partial charge in [-0.3, -0.25) is 0 Å². The van der Waals surface area contributed by atoms with E-state index in [1.807, 2.05) is 12.1 Å². The van der Waals surface area contributed by atoms with Crippen molar-refractivity contribution in [1.29, 1.82) is 0 Å². The maximum Gasteiger partial charge on any atom is 0.178 e. The molecule has 0 aromatic carbocycles. The van der Waals surface area contributed by atoms with Gasteiger partial charge >= 0.3 is 0 Å². The largest absolute Gasteiger partial charge is 0.380 e. The fourth-order valence-electron chi connectivity index (χ4n) is 2.56. The fourth-order valence-corrected chi connectivity index (χ4v) is 2.56. The lowest BCUT2D eigenvalue weighted by atomic mass is 9.81. The Balaban J connectivity index is 1.73. The van der Waals surface area contributed by atoms with Crippen LogP contribution in [-0.4, -0.2) is 25.8 Å². The summed E-state index contributed by atoms with van der Waals surface area (Å²) < 4.78 is 1.69. The zero-order valence-corrected chi connectivity index (χ0v) is 11.2. The van der Waals surface area contributed by atoms with Crippen LogP contribution in [0.25, 0.3) is 5.82 Å². The minimum Gasteiger partial charge on any atom is -0.380 e. The highest BCUT2D eigenvalue weighted by Crippen LogP contribution is 2.31. The van der Waals surface area contributed by atoms with Crippen molar-refractivity contribution in [3.63, 3.8) is 0 Å². The van der Waals surface area contributed by atoms with Gasteiger partial charge in [-0.05, 0) is 31.4 Å². The molecule has 100 valence electrons. The summed E-state index contributed by atoms with van der Waals surface area (Å²) in [7, 11) is 0. The van der Waals surface area contributed by atoms with Crippen LogP contribution in [0.5, 0.6) is 0 Å². The minimum absolute atomic E-state index is 0.455. The summed E-state index contributed by atoms with van der Waals surface area (Å²) >= 11 is 0.